The molecule has 3 nitrogen and oxygen atoms in total. The van der Waals surface area contributed by atoms with Gasteiger partial charge in [-0.05, 0) is 61.4 Å². The highest BCUT2D eigenvalue weighted by Gasteiger charge is 2.41. The van der Waals surface area contributed by atoms with Gasteiger partial charge in [-0.1, -0.05) is 34.8 Å². The van der Waals surface area contributed by atoms with E-state index in [1.165, 1.54) is 0 Å². The monoisotopic (exact) mass is 364 g/mol. The Morgan fingerprint density at radius 3 is 2.82 bits per heavy atom. The van der Waals surface area contributed by atoms with Crippen molar-refractivity contribution in [3.05, 3.63) is 33.3 Å². The van der Waals surface area contributed by atoms with E-state index in [1.807, 2.05) is 13.0 Å². The predicted molar refractivity (Wildman–Crippen MR) is 88.9 cm³/mol. The highest BCUT2D eigenvalue weighted by Crippen LogP contribution is 2.48. The Labute approximate surface area is 145 Å². The number of esters is 1. The molecule has 0 heterocycles. The van der Waals surface area contributed by atoms with Crippen molar-refractivity contribution in [3.8, 4) is 0 Å². The number of aliphatic hydroxyl groups excluding tert-OH is 1. The van der Waals surface area contributed by atoms with Crippen LogP contribution in [-0.4, -0.2) is 22.0 Å². The standard InChI is InChI=1S/C16H19Cl3O3/c1-3-22-13(20)5-4-10-9(2)8-12(17)11-6-7-16(18,19)15(21)14(10)11/h8,15,21H,3-7H2,1-2H3. The molecule has 1 aromatic carbocycles. The Morgan fingerprint density at radius 1 is 1.50 bits per heavy atom. The molecule has 0 amide bonds. The number of hydrogen-bond acceptors (Lipinski definition) is 3. The summed E-state index contributed by atoms with van der Waals surface area (Å²) in [6.07, 6.45) is 0.724. The summed E-state index contributed by atoms with van der Waals surface area (Å²) in [7, 11) is 0. The summed E-state index contributed by atoms with van der Waals surface area (Å²) < 4.78 is 3.73. The molecule has 1 aliphatic rings. The zero-order chi connectivity index (χ0) is 16.5. The van der Waals surface area contributed by atoms with Crippen LogP contribution in [0, 0.1) is 6.92 Å². The second-order valence-corrected chi connectivity index (χ2v) is 7.46. The quantitative estimate of drug-likeness (QED) is 0.639. The smallest absolute Gasteiger partial charge is 0.306 e. The summed E-state index contributed by atoms with van der Waals surface area (Å²) >= 11 is 18.7. The summed E-state index contributed by atoms with van der Waals surface area (Å²) in [5.41, 5.74) is 3.34. The van der Waals surface area contributed by atoms with Crippen LogP contribution in [0.1, 0.15) is 48.1 Å². The summed E-state index contributed by atoms with van der Waals surface area (Å²) in [5, 5.41) is 11.2. The van der Waals surface area contributed by atoms with Crippen LogP contribution >= 0.6 is 34.8 Å². The lowest BCUT2D eigenvalue weighted by Gasteiger charge is -2.35. The van der Waals surface area contributed by atoms with Crippen molar-refractivity contribution < 1.29 is 14.6 Å². The molecular weight excluding hydrogens is 347 g/mol. The van der Waals surface area contributed by atoms with Gasteiger partial charge in [0.2, 0.25) is 0 Å². The molecule has 0 radical (unpaired) electrons. The molecule has 1 aromatic rings. The van der Waals surface area contributed by atoms with E-state index in [-0.39, 0.29) is 12.4 Å². The lowest BCUT2D eigenvalue weighted by molar-refractivity contribution is -0.143. The Hall–Kier alpha value is -0.480. The van der Waals surface area contributed by atoms with Crippen LogP contribution in [0.2, 0.25) is 5.02 Å². The molecule has 1 atom stereocenters. The van der Waals surface area contributed by atoms with Gasteiger partial charge in [0.1, 0.15) is 10.4 Å². The molecule has 0 saturated carbocycles. The minimum absolute atomic E-state index is 0.243. The molecule has 2 rings (SSSR count). The molecule has 0 aliphatic heterocycles. The Balaban J connectivity index is 2.40. The number of rotatable bonds is 4. The van der Waals surface area contributed by atoms with E-state index >= 15 is 0 Å². The molecule has 0 bridgehead atoms. The first-order valence-electron chi connectivity index (χ1n) is 7.30. The van der Waals surface area contributed by atoms with E-state index in [4.69, 9.17) is 39.5 Å². The number of carbonyl (C=O) groups is 1. The minimum atomic E-state index is -1.23. The lowest BCUT2D eigenvalue weighted by atomic mass is 9.82. The Bertz CT molecular complexity index is 584. The van der Waals surface area contributed by atoms with Gasteiger partial charge in [-0.25, -0.2) is 0 Å². The number of carbonyl (C=O) groups excluding carboxylic acids is 1. The van der Waals surface area contributed by atoms with Crippen molar-refractivity contribution in [2.75, 3.05) is 6.61 Å². The summed E-state index contributed by atoms with van der Waals surface area (Å²) in [4.78, 5) is 11.6. The fourth-order valence-corrected chi connectivity index (χ4v) is 3.67. The first-order chi connectivity index (χ1) is 10.3. The van der Waals surface area contributed by atoms with E-state index < -0.39 is 10.4 Å². The maximum absolute atomic E-state index is 11.6. The average molecular weight is 366 g/mol. The van der Waals surface area contributed by atoms with Gasteiger partial charge in [0.25, 0.3) is 0 Å². The number of benzene rings is 1. The maximum Gasteiger partial charge on any atom is 0.306 e. The lowest BCUT2D eigenvalue weighted by Crippen LogP contribution is -2.31. The number of aliphatic hydroxyl groups is 1. The van der Waals surface area contributed by atoms with Gasteiger partial charge in [0.15, 0.2) is 0 Å². The zero-order valence-electron chi connectivity index (χ0n) is 12.6. The van der Waals surface area contributed by atoms with Crippen molar-refractivity contribution in [1.29, 1.82) is 0 Å². The summed E-state index contributed by atoms with van der Waals surface area (Å²) in [6, 6.07) is 1.86. The minimum Gasteiger partial charge on any atom is -0.466 e. The molecule has 1 unspecified atom stereocenters. The van der Waals surface area contributed by atoms with Crippen LogP contribution in [0.15, 0.2) is 6.07 Å². The first kappa shape index (κ1) is 17.9. The number of aryl methyl sites for hydroxylation is 1. The van der Waals surface area contributed by atoms with E-state index in [0.29, 0.717) is 36.5 Å². The van der Waals surface area contributed by atoms with Crippen LogP contribution in [-0.2, 0) is 22.4 Å². The third kappa shape index (κ3) is 3.53. The normalized spacial score (nSPS) is 19.6. The number of alkyl halides is 2. The van der Waals surface area contributed by atoms with E-state index in [0.717, 1.165) is 16.7 Å². The Morgan fingerprint density at radius 2 is 2.18 bits per heavy atom. The van der Waals surface area contributed by atoms with Gasteiger partial charge in [0, 0.05) is 11.4 Å². The Kier molecular flexibility index (Phi) is 5.65. The predicted octanol–water partition coefficient (Wildman–Crippen LogP) is 4.30. The third-order valence-corrected chi connectivity index (χ3v) is 5.15. The highest BCUT2D eigenvalue weighted by atomic mass is 35.5. The van der Waals surface area contributed by atoms with Gasteiger partial charge >= 0.3 is 5.97 Å². The van der Waals surface area contributed by atoms with Crippen LogP contribution < -0.4 is 0 Å². The van der Waals surface area contributed by atoms with Gasteiger partial charge < -0.3 is 9.84 Å². The van der Waals surface area contributed by atoms with Gasteiger partial charge in [0.05, 0.1) is 6.61 Å². The molecule has 1 aliphatic carbocycles. The first-order valence-corrected chi connectivity index (χ1v) is 8.43. The SMILES string of the molecule is CCOC(=O)CCc1c(C)cc(Cl)c2c1C(O)C(Cl)(Cl)CC2. The fraction of sp³-hybridized carbons (Fsp3) is 0.562. The van der Waals surface area contributed by atoms with E-state index in [1.54, 1.807) is 6.92 Å². The third-order valence-electron chi connectivity index (χ3n) is 4.02. The second kappa shape index (κ2) is 6.96. The second-order valence-electron chi connectivity index (χ2n) is 5.51. The summed E-state index contributed by atoms with van der Waals surface area (Å²) in [5.74, 6) is -0.265. The molecule has 22 heavy (non-hydrogen) atoms. The van der Waals surface area contributed by atoms with Gasteiger partial charge in [-0.3, -0.25) is 4.79 Å². The fourth-order valence-electron chi connectivity index (χ4n) is 2.90. The summed E-state index contributed by atoms with van der Waals surface area (Å²) in [6.45, 7) is 4.02. The zero-order valence-corrected chi connectivity index (χ0v) is 14.9. The number of halogens is 3. The van der Waals surface area contributed by atoms with Crippen molar-refractivity contribution in [2.24, 2.45) is 0 Å². The molecule has 122 valence electrons. The van der Waals surface area contributed by atoms with E-state index in [9.17, 15) is 9.90 Å². The van der Waals surface area contributed by atoms with Crippen molar-refractivity contribution in [3.63, 3.8) is 0 Å². The largest absolute Gasteiger partial charge is 0.466 e. The molecule has 0 spiro atoms. The molecule has 0 saturated heterocycles. The van der Waals surface area contributed by atoms with Crippen LogP contribution in [0.4, 0.5) is 0 Å². The molecular formula is C16H19Cl3O3. The number of hydrogen-bond donors (Lipinski definition) is 1. The van der Waals surface area contributed by atoms with Gasteiger partial charge in [-0.2, -0.15) is 0 Å². The van der Waals surface area contributed by atoms with Crippen LogP contribution in [0.25, 0.3) is 0 Å². The molecule has 0 aromatic heterocycles. The maximum atomic E-state index is 11.6. The highest BCUT2D eigenvalue weighted by molar-refractivity contribution is 6.49. The average Bonchev–Trinajstić information content (AvgIpc) is 2.43. The van der Waals surface area contributed by atoms with Crippen molar-refractivity contribution in [2.45, 2.75) is 50.0 Å². The molecule has 1 N–H and O–H groups in total. The van der Waals surface area contributed by atoms with E-state index in [2.05, 4.69) is 0 Å². The van der Waals surface area contributed by atoms with Crippen molar-refractivity contribution >= 4 is 40.8 Å². The van der Waals surface area contributed by atoms with Crippen molar-refractivity contribution in [1.82, 2.24) is 0 Å². The van der Waals surface area contributed by atoms with Gasteiger partial charge in [-0.15, -0.1) is 0 Å². The van der Waals surface area contributed by atoms with Crippen LogP contribution in [0.3, 0.4) is 0 Å². The van der Waals surface area contributed by atoms with Crippen LogP contribution in [0.5, 0.6) is 0 Å². The number of fused-ring (bicyclic) bond motifs is 1. The topological polar surface area (TPSA) is 46.5 Å². The number of ether oxygens (including phenoxy) is 1. The molecule has 0 fully saturated rings. The molecule has 6 heteroatoms.